The molecule has 2 rings (SSSR count). The molecular formula is C12H18N2O. The molecule has 1 aromatic rings. The number of anilines is 1. The molecule has 1 heterocycles. The molecule has 3 nitrogen and oxygen atoms in total. The monoisotopic (exact) mass is 206 g/mol. The summed E-state index contributed by atoms with van der Waals surface area (Å²) >= 11 is 0. The molecule has 0 aromatic heterocycles. The first-order valence-corrected chi connectivity index (χ1v) is 5.48. The van der Waals surface area contributed by atoms with Gasteiger partial charge in [0.1, 0.15) is 0 Å². The first-order chi connectivity index (χ1) is 7.07. The van der Waals surface area contributed by atoms with Crippen molar-refractivity contribution in [1.29, 1.82) is 0 Å². The Morgan fingerprint density at radius 2 is 1.73 bits per heavy atom. The smallest absolute Gasteiger partial charge is 0.0787 e. The van der Waals surface area contributed by atoms with Crippen molar-refractivity contribution >= 4 is 5.69 Å². The topological polar surface area (TPSA) is 49.1 Å². The minimum atomic E-state index is -0.0779. The van der Waals surface area contributed by atoms with Crippen molar-refractivity contribution in [2.24, 2.45) is 0 Å². The van der Waals surface area contributed by atoms with E-state index in [1.54, 1.807) is 7.05 Å². The second-order valence-corrected chi connectivity index (χ2v) is 4.68. The van der Waals surface area contributed by atoms with Gasteiger partial charge in [-0.25, -0.2) is 0 Å². The molecule has 2 N–H and O–H groups in total. The van der Waals surface area contributed by atoms with Crippen molar-refractivity contribution in [3.8, 4) is 0 Å². The number of nitrogens with zero attached hydrogens (tertiary/aromatic N) is 1. The van der Waals surface area contributed by atoms with Crippen molar-refractivity contribution in [3.63, 3.8) is 0 Å². The fourth-order valence-corrected chi connectivity index (χ4v) is 2.22. The Morgan fingerprint density at radius 3 is 2.27 bits per heavy atom. The molecule has 15 heavy (non-hydrogen) atoms. The van der Waals surface area contributed by atoms with Gasteiger partial charge in [0, 0.05) is 18.5 Å². The minimum absolute atomic E-state index is 0.0779. The maximum absolute atomic E-state index is 11.7. The lowest BCUT2D eigenvalue weighted by molar-refractivity contribution is -0.866. The van der Waals surface area contributed by atoms with Crippen LogP contribution in [0.4, 0.5) is 5.69 Å². The summed E-state index contributed by atoms with van der Waals surface area (Å²) in [6.07, 6.45) is 1.98. The van der Waals surface area contributed by atoms with Gasteiger partial charge in [-0.05, 0) is 23.6 Å². The standard InChI is InChI=1S/C12H18N2O/c1-14(15)8-6-11(7-9-14)10-2-4-12(13)5-3-10/h2-5,11H,6-9,13H2,1H3. The Morgan fingerprint density at radius 1 is 1.20 bits per heavy atom. The number of nitrogen functional groups attached to an aromatic ring is 1. The summed E-state index contributed by atoms with van der Waals surface area (Å²) in [7, 11) is 1.76. The van der Waals surface area contributed by atoms with Crippen LogP contribution in [0, 0.1) is 5.21 Å². The van der Waals surface area contributed by atoms with Crippen LogP contribution in [0.15, 0.2) is 24.3 Å². The number of hydroxylamine groups is 3. The summed E-state index contributed by atoms with van der Waals surface area (Å²) < 4.78 is -0.0779. The Hall–Kier alpha value is -1.06. The summed E-state index contributed by atoms with van der Waals surface area (Å²) in [6, 6.07) is 8.05. The number of rotatable bonds is 1. The van der Waals surface area contributed by atoms with Crippen LogP contribution in [0.2, 0.25) is 0 Å². The molecule has 1 aromatic carbocycles. The number of piperidine rings is 1. The molecule has 1 fully saturated rings. The van der Waals surface area contributed by atoms with Crippen molar-refractivity contribution in [3.05, 3.63) is 35.0 Å². The fourth-order valence-electron chi connectivity index (χ4n) is 2.22. The lowest BCUT2D eigenvalue weighted by atomic mass is 9.89. The molecule has 1 aliphatic heterocycles. The van der Waals surface area contributed by atoms with Crippen molar-refractivity contribution in [1.82, 2.24) is 0 Å². The predicted molar refractivity (Wildman–Crippen MR) is 62.1 cm³/mol. The van der Waals surface area contributed by atoms with Crippen LogP contribution >= 0.6 is 0 Å². The van der Waals surface area contributed by atoms with Gasteiger partial charge in [-0.15, -0.1) is 0 Å². The third-order valence-corrected chi connectivity index (χ3v) is 3.31. The third kappa shape index (κ3) is 2.49. The largest absolute Gasteiger partial charge is 0.633 e. The normalized spacial score (nSPS) is 31.5. The highest BCUT2D eigenvalue weighted by atomic mass is 16.5. The second kappa shape index (κ2) is 3.83. The fraction of sp³-hybridized carbons (Fsp3) is 0.500. The van der Waals surface area contributed by atoms with Crippen LogP contribution in [-0.4, -0.2) is 24.8 Å². The molecule has 0 aliphatic carbocycles. The summed E-state index contributed by atoms with van der Waals surface area (Å²) in [4.78, 5) is 0. The van der Waals surface area contributed by atoms with E-state index in [-0.39, 0.29) is 4.65 Å². The van der Waals surface area contributed by atoms with Gasteiger partial charge in [0.2, 0.25) is 0 Å². The van der Waals surface area contributed by atoms with Gasteiger partial charge in [0.05, 0.1) is 20.1 Å². The SMILES string of the molecule is C[N+]1([O-])CCC(c2ccc(N)cc2)CC1. The third-order valence-electron chi connectivity index (χ3n) is 3.31. The number of quaternary nitrogens is 1. The van der Waals surface area contributed by atoms with Gasteiger partial charge in [-0.1, -0.05) is 12.1 Å². The number of benzene rings is 1. The first-order valence-electron chi connectivity index (χ1n) is 5.48. The molecule has 0 bridgehead atoms. The van der Waals surface area contributed by atoms with Crippen LogP contribution in [-0.2, 0) is 0 Å². The van der Waals surface area contributed by atoms with E-state index in [1.165, 1.54) is 5.56 Å². The number of hydrogen-bond donors (Lipinski definition) is 1. The molecule has 0 amide bonds. The summed E-state index contributed by atoms with van der Waals surface area (Å²) in [5, 5.41) is 11.7. The summed E-state index contributed by atoms with van der Waals surface area (Å²) in [5.41, 5.74) is 7.77. The maximum atomic E-state index is 11.7. The van der Waals surface area contributed by atoms with Gasteiger partial charge in [0.15, 0.2) is 0 Å². The van der Waals surface area contributed by atoms with Crippen LogP contribution in [0.3, 0.4) is 0 Å². The molecule has 3 heteroatoms. The van der Waals surface area contributed by atoms with E-state index in [2.05, 4.69) is 12.1 Å². The Kier molecular flexibility index (Phi) is 2.67. The van der Waals surface area contributed by atoms with Crippen molar-refractivity contribution < 1.29 is 4.65 Å². The zero-order valence-corrected chi connectivity index (χ0v) is 9.15. The first kappa shape index (κ1) is 10.5. The summed E-state index contributed by atoms with van der Waals surface area (Å²) in [6.45, 7) is 1.46. The molecular weight excluding hydrogens is 188 g/mol. The summed E-state index contributed by atoms with van der Waals surface area (Å²) in [5.74, 6) is 0.547. The maximum Gasteiger partial charge on any atom is 0.0787 e. The van der Waals surface area contributed by atoms with E-state index < -0.39 is 0 Å². The molecule has 0 saturated carbocycles. The van der Waals surface area contributed by atoms with Gasteiger partial charge >= 0.3 is 0 Å². The molecule has 82 valence electrons. The molecule has 0 spiro atoms. The van der Waals surface area contributed by atoms with E-state index in [9.17, 15) is 5.21 Å². The van der Waals surface area contributed by atoms with Crippen molar-refractivity contribution in [2.75, 3.05) is 25.9 Å². The average Bonchev–Trinajstić information content (AvgIpc) is 2.20. The van der Waals surface area contributed by atoms with E-state index in [0.717, 1.165) is 31.6 Å². The molecule has 0 atom stereocenters. The number of hydrogen-bond acceptors (Lipinski definition) is 2. The van der Waals surface area contributed by atoms with Crippen LogP contribution in [0.5, 0.6) is 0 Å². The lowest BCUT2D eigenvalue weighted by Crippen LogP contribution is -2.43. The average molecular weight is 206 g/mol. The van der Waals surface area contributed by atoms with Gasteiger partial charge in [-0.3, -0.25) is 0 Å². The molecule has 1 aliphatic rings. The minimum Gasteiger partial charge on any atom is -0.633 e. The highest BCUT2D eigenvalue weighted by Crippen LogP contribution is 2.30. The Labute approximate surface area is 90.7 Å². The van der Waals surface area contributed by atoms with E-state index in [4.69, 9.17) is 5.73 Å². The zero-order chi connectivity index (χ0) is 10.9. The van der Waals surface area contributed by atoms with Crippen LogP contribution in [0.1, 0.15) is 24.3 Å². The van der Waals surface area contributed by atoms with Gasteiger partial charge in [-0.2, -0.15) is 0 Å². The number of nitrogens with two attached hydrogens (primary N) is 1. The predicted octanol–water partition coefficient (Wildman–Crippen LogP) is 2.09. The lowest BCUT2D eigenvalue weighted by Gasteiger charge is -2.44. The van der Waals surface area contributed by atoms with Gasteiger partial charge < -0.3 is 15.6 Å². The number of likely N-dealkylation sites (tertiary alicyclic amines) is 1. The second-order valence-electron chi connectivity index (χ2n) is 4.68. The van der Waals surface area contributed by atoms with Crippen molar-refractivity contribution in [2.45, 2.75) is 18.8 Å². The Bertz CT molecular complexity index is 322. The van der Waals surface area contributed by atoms with Gasteiger partial charge in [0.25, 0.3) is 0 Å². The van der Waals surface area contributed by atoms with Crippen LogP contribution in [0.25, 0.3) is 0 Å². The molecule has 0 radical (unpaired) electrons. The van der Waals surface area contributed by atoms with E-state index >= 15 is 0 Å². The highest BCUT2D eigenvalue weighted by molar-refractivity contribution is 5.40. The van der Waals surface area contributed by atoms with E-state index in [0.29, 0.717) is 5.92 Å². The van der Waals surface area contributed by atoms with E-state index in [1.807, 2.05) is 12.1 Å². The molecule has 1 saturated heterocycles. The zero-order valence-electron chi connectivity index (χ0n) is 9.15. The van der Waals surface area contributed by atoms with Crippen LogP contribution < -0.4 is 5.73 Å². The molecule has 0 unspecified atom stereocenters. The quantitative estimate of drug-likeness (QED) is 0.434. The Balaban J connectivity index is 2.04. The highest BCUT2D eigenvalue weighted by Gasteiger charge is 2.24.